The molecule has 0 saturated carbocycles. The second-order valence-electron chi connectivity index (χ2n) is 6.84. The summed E-state index contributed by atoms with van der Waals surface area (Å²) in [6.45, 7) is 0.853. The fourth-order valence-corrected chi connectivity index (χ4v) is 5.09. The maximum absolute atomic E-state index is 13.0. The van der Waals surface area contributed by atoms with E-state index in [0.29, 0.717) is 13.1 Å². The van der Waals surface area contributed by atoms with Crippen molar-refractivity contribution in [2.24, 2.45) is 0 Å². The minimum atomic E-state index is -3.78. The highest BCUT2D eigenvalue weighted by molar-refractivity contribution is 7.89. The molecule has 30 heavy (non-hydrogen) atoms. The van der Waals surface area contributed by atoms with Gasteiger partial charge in [-0.25, -0.2) is 8.42 Å². The highest BCUT2D eigenvalue weighted by Gasteiger charge is 2.27. The molecule has 1 N–H and O–H groups in total. The molecule has 0 atom stereocenters. The third kappa shape index (κ3) is 4.92. The standard InChI is InChI=1S/C19H19Cl2N3O5S/c20-16-8-6-14(30(28,29)23-9-3-1-2-4-10-23)12-15(16)19(25)22-18-11-13(24(26)27)5-7-17(18)21/h5-8,11-12H,1-4,9-10H2,(H,22,25). The molecule has 1 amide bonds. The summed E-state index contributed by atoms with van der Waals surface area (Å²) in [6, 6.07) is 7.53. The highest BCUT2D eigenvalue weighted by Crippen LogP contribution is 2.29. The first-order valence-corrected chi connectivity index (χ1v) is 11.4. The monoisotopic (exact) mass is 471 g/mol. The van der Waals surface area contributed by atoms with Crippen LogP contribution < -0.4 is 5.32 Å². The Kier molecular flexibility index (Phi) is 6.97. The van der Waals surface area contributed by atoms with Crippen molar-refractivity contribution in [3.8, 4) is 0 Å². The van der Waals surface area contributed by atoms with Crippen LogP contribution in [0.4, 0.5) is 11.4 Å². The van der Waals surface area contributed by atoms with Gasteiger partial charge in [-0.05, 0) is 37.1 Å². The number of amides is 1. The van der Waals surface area contributed by atoms with Crippen molar-refractivity contribution >= 4 is 50.5 Å². The van der Waals surface area contributed by atoms with Crippen LogP contribution in [0.5, 0.6) is 0 Å². The molecule has 11 heteroatoms. The largest absolute Gasteiger partial charge is 0.320 e. The van der Waals surface area contributed by atoms with Gasteiger partial charge in [0.05, 0.1) is 31.1 Å². The third-order valence-electron chi connectivity index (χ3n) is 4.79. The summed E-state index contributed by atoms with van der Waals surface area (Å²) in [5.41, 5.74) is -0.305. The summed E-state index contributed by atoms with van der Waals surface area (Å²) in [5.74, 6) is -0.727. The number of nitrogens with one attached hydrogen (secondary N) is 1. The van der Waals surface area contributed by atoms with E-state index in [1.54, 1.807) is 0 Å². The van der Waals surface area contributed by atoms with Crippen LogP contribution in [-0.2, 0) is 10.0 Å². The minimum Gasteiger partial charge on any atom is -0.320 e. The number of carbonyl (C=O) groups is 1. The zero-order valence-corrected chi connectivity index (χ0v) is 18.1. The summed E-state index contributed by atoms with van der Waals surface area (Å²) in [7, 11) is -3.78. The number of non-ortho nitro benzene ring substituents is 1. The first-order chi connectivity index (χ1) is 14.2. The first-order valence-electron chi connectivity index (χ1n) is 9.25. The van der Waals surface area contributed by atoms with Gasteiger partial charge < -0.3 is 5.32 Å². The second kappa shape index (κ2) is 9.30. The number of halogens is 2. The van der Waals surface area contributed by atoms with E-state index in [-0.39, 0.29) is 31.9 Å². The minimum absolute atomic E-state index is 0.0210. The second-order valence-corrected chi connectivity index (χ2v) is 9.59. The van der Waals surface area contributed by atoms with Gasteiger partial charge in [-0.15, -0.1) is 0 Å². The van der Waals surface area contributed by atoms with Gasteiger partial charge in [0.15, 0.2) is 0 Å². The number of anilines is 1. The Labute approximate surface area is 184 Å². The van der Waals surface area contributed by atoms with Gasteiger partial charge in [0, 0.05) is 25.2 Å². The van der Waals surface area contributed by atoms with E-state index in [2.05, 4.69) is 5.32 Å². The Hall–Kier alpha value is -2.20. The molecule has 1 aliphatic rings. The van der Waals surface area contributed by atoms with Gasteiger partial charge in [0.1, 0.15) is 0 Å². The smallest absolute Gasteiger partial charge is 0.271 e. The maximum atomic E-state index is 13.0. The predicted molar refractivity (Wildman–Crippen MR) is 115 cm³/mol. The lowest BCUT2D eigenvalue weighted by Crippen LogP contribution is -2.32. The summed E-state index contributed by atoms with van der Waals surface area (Å²) in [5, 5.41) is 13.6. The number of nitrogens with zero attached hydrogens (tertiary/aromatic N) is 2. The average molecular weight is 472 g/mol. The fourth-order valence-electron chi connectivity index (χ4n) is 3.18. The molecule has 1 saturated heterocycles. The van der Waals surface area contributed by atoms with E-state index in [1.807, 2.05) is 0 Å². The Balaban J connectivity index is 1.91. The van der Waals surface area contributed by atoms with Crippen molar-refractivity contribution in [3.05, 3.63) is 62.1 Å². The zero-order valence-electron chi connectivity index (χ0n) is 15.8. The van der Waals surface area contributed by atoms with E-state index < -0.39 is 20.9 Å². The molecule has 0 bridgehead atoms. The van der Waals surface area contributed by atoms with Gasteiger partial charge >= 0.3 is 0 Å². The van der Waals surface area contributed by atoms with Crippen LogP contribution in [0, 0.1) is 10.1 Å². The average Bonchev–Trinajstić information content (AvgIpc) is 2.99. The van der Waals surface area contributed by atoms with Crippen LogP contribution in [0.2, 0.25) is 10.0 Å². The third-order valence-corrected chi connectivity index (χ3v) is 7.35. The van der Waals surface area contributed by atoms with Crippen molar-refractivity contribution in [2.45, 2.75) is 30.6 Å². The molecule has 1 fully saturated rings. The molecule has 160 valence electrons. The number of benzene rings is 2. The van der Waals surface area contributed by atoms with Crippen molar-refractivity contribution in [1.29, 1.82) is 0 Å². The Morgan fingerprint density at radius 2 is 1.63 bits per heavy atom. The molecule has 1 heterocycles. The molecule has 0 unspecified atom stereocenters. The van der Waals surface area contributed by atoms with E-state index >= 15 is 0 Å². The normalized spacial score (nSPS) is 15.4. The molecule has 3 rings (SSSR count). The summed E-state index contributed by atoms with van der Waals surface area (Å²) >= 11 is 12.2. The molecular formula is C19H19Cl2N3O5S. The van der Waals surface area contributed by atoms with E-state index in [0.717, 1.165) is 31.7 Å². The van der Waals surface area contributed by atoms with Crippen LogP contribution in [0.3, 0.4) is 0 Å². The van der Waals surface area contributed by atoms with Gasteiger partial charge in [-0.3, -0.25) is 14.9 Å². The van der Waals surface area contributed by atoms with Gasteiger partial charge in [-0.2, -0.15) is 4.31 Å². The SMILES string of the molecule is O=C(Nc1cc([N+](=O)[O-])ccc1Cl)c1cc(S(=O)(=O)N2CCCCCC2)ccc1Cl. The van der Waals surface area contributed by atoms with Crippen molar-refractivity contribution < 1.29 is 18.1 Å². The molecule has 0 aromatic heterocycles. The first kappa shape index (κ1) is 22.5. The molecule has 8 nitrogen and oxygen atoms in total. The quantitative estimate of drug-likeness (QED) is 0.500. The lowest BCUT2D eigenvalue weighted by atomic mass is 10.2. The number of carbonyl (C=O) groups excluding carboxylic acids is 1. The molecule has 2 aromatic rings. The van der Waals surface area contributed by atoms with Crippen molar-refractivity contribution in [1.82, 2.24) is 4.31 Å². The van der Waals surface area contributed by atoms with Crippen LogP contribution in [0.1, 0.15) is 36.0 Å². The van der Waals surface area contributed by atoms with Crippen LogP contribution in [-0.4, -0.2) is 36.6 Å². The number of nitro benzene ring substituents is 1. The summed E-state index contributed by atoms with van der Waals surface area (Å²) in [6.07, 6.45) is 3.52. The molecule has 0 spiro atoms. The van der Waals surface area contributed by atoms with Crippen molar-refractivity contribution in [2.75, 3.05) is 18.4 Å². The molecule has 1 aliphatic heterocycles. The zero-order chi connectivity index (χ0) is 21.9. The Morgan fingerprint density at radius 3 is 2.27 bits per heavy atom. The van der Waals surface area contributed by atoms with Gasteiger partial charge in [0.25, 0.3) is 11.6 Å². The van der Waals surface area contributed by atoms with Gasteiger partial charge in [-0.1, -0.05) is 36.0 Å². The van der Waals surface area contributed by atoms with E-state index in [1.165, 1.54) is 34.6 Å². The number of nitro groups is 1. The Bertz CT molecular complexity index is 1080. The lowest BCUT2D eigenvalue weighted by molar-refractivity contribution is -0.384. The fraction of sp³-hybridized carbons (Fsp3) is 0.316. The number of sulfonamides is 1. The van der Waals surface area contributed by atoms with Crippen molar-refractivity contribution in [3.63, 3.8) is 0 Å². The number of hydrogen-bond donors (Lipinski definition) is 1. The van der Waals surface area contributed by atoms with Crippen LogP contribution in [0.15, 0.2) is 41.3 Å². The topological polar surface area (TPSA) is 110 Å². The van der Waals surface area contributed by atoms with E-state index in [4.69, 9.17) is 23.2 Å². The predicted octanol–water partition coefficient (Wildman–Crippen LogP) is 4.72. The number of rotatable bonds is 5. The molecule has 2 aromatic carbocycles. The van der Waals surface area contributed by atoms with Crippen LogP contribution in [0.25, 0.3) is 0 Å². The molecule has 0 radical (unpaired) electrons. The van der Waals surface area contributed by atoms with E-state index in [9.17, 15) is 23.3 Å². The number of hydrogen-bond acceptors (Lipinski definition) is 5. The maximum Gasteiger partial charge on any atom is 0.271 e. The summed E-state index contributed by atoms with van der Waals surface area (Å²) in [4.78, 5) is 23.1. The lowest BCUT2D eigenvalue weighted by Gasteiger charge is -2.20. The molecular weight excluding hydrogens is 453 g/mol. The van der Waals surface area contributed by atoms with Gasteiger partial charge in [0.2, 0.25) is 10.0 Å². The van der Waals surface area contributed by atoms with Crippen LogP contribution >= 0.6 is 23.2 Å². The summed E-state index contributed by atoms with van der Waals surface area (Å²) < 4.78 is 27.4. The highest BCUT2D eigenvalue weighted by atomic mass is 35.5. The Morgan fingerprint density at radius 1 is 1.00 bits per heavy atom. The molecule has 0 aliphatic carbocycles.